The topological polar surface area (TPSA) is 0 Å². The van der Waals surface area contributed by atoms with Gasteiger partial charge in [-0.3, -0.25) is 0 Å². The largest absolute Gasteiger partial charge is 0.0741 e. The molecule has 0 aromatic heterocycles. The summed E-state index contributed by atoms with van der Waals surface area (Å²) < 4.78 is 0. The Morgan fingerprint density at radius 2 is 1.05 bits per heavy atom. The fourth-order valence-corrected chi connectivity index (χ4v) is 2.94. The van der Waals surface area contributed by atoms with Gasteiger partial charge in [0.1, 0.15) is 0 Å². The lowest BCUT2D eigenvalue weighted by molar-refractivity contribution is 0.573. The molecule has 0 unspecified atom stereocenters. The Balaban J connectivity index is 3.72. The van der Waals surface area contributed by atoms with Crippen molar-refractivity contribution >= 4 is 0 Å². The van der Waals surface area contributed by atoms with Crippen molar-refractivity contribution in [2.24, 2.45) is 0 Å². The number of unbranched alkanes of at least 4 members (excludes halogenated alkanes) is 8. The zero-order valence-electron chi connectivity index (χ0n) is 14.9. The van der Waals surface area contributed by atoms with Crippen LogP contribution in [0.4, 0.5) is 0 Å². The molecule has 20 heavy (non-hydrogen) atoms. The fourth-order valence-electron chi connectivity index (χ4n) is 2.94. The quantitative estimate of drug-likeness (QED) is 0.225. The van der Waals surface area contributed by atoms with E-state index in [2.05, 4.69) is 27.7 Å². The molecule has 0 amide bonds. The summed E-state index contributed by atoms with van der Waals surface area (Å²) in [5, 5.41) is 0. The second-order valence-corrected chi connectivity index (χ2v) is 6.46. The Morgan fingerprint density at radius 1 is 0.500 bits per heavy atom. The summed E-state index contributed by atoms with van der Waals surface area (Å²) in [5.41, 5.74) is 3.49. The third-order valence-electron chi connectivity index (χ3n) is 4.39. The van der Waals surface area contributed by atoms with Gasteiger partial charge in [-0.05, 0) is 39.0 Å². The van der Waals surface area contributed by atoms with E-state index in [1.807, 2.05) is 0 Å². The first-order valence-electron chi connectivity index (χ1n) is 9.43. The molecule has 0 saturated heterocycles. The van der Waals surface area contributed by atoms with Gasteiger partial charge in [0, 0.05) is 0 Å². The molecular weight excluding hydrogens is 240 g/mol. The number of rotatable bonds is 14. The standard InChI is InChI=1S/C20H40/c1-5-8-10-11-12-13-14-15-17-19(4)20(16-7-3)18-9-6-2/h5-18H2,1-4H3. The summed E-state index contributed by atoms with van der Waals surface area (Å²) in [6.45, 7) is 9.30. The molecule has 0 N–H and O–H groups in total. The molecule has 0 spiro atoms. The van der Waals surface area contributed by atoms with Gasteiger partial charge in [-0.1, -0.05) is 89.7 Å². The van der Waals surface area contributed by atoms with Crippen molar-refractivity contribution in [3.63, 3.8) is 0 Å². The average molecular weight is 281 g/mol. The summed E-state index contributed by atoms with van der Waals surface area (Å²) in [4.78, 5) is 0. The lowest BCUT2D eigenvalue weighted by Crippen LogP contribution is -1.91. The van der Waals surface area contributed by atoms with Crippen molar-refractivity contribution in [2.75, 3.05) is 0 Å². The van der Waals surface area contributed by atoms with E-state index in [0.717, 1.165) is 0 Å². The first-order valence-corrected chi connectivity index (χ1v) is 9.43. The summed E-state index contributed by atoms with van der Waals surface area (Å²) in [5.74, 6) is 0. The van der Waals surface area contributed by atoms with Gasteiger partial charge in [0.15, 0.2) is 0 Å². The van der Waals surface area contributed by atoms with Gasteiger partial charge in [0.05, 0.1) is 0 Å². The van der Waals surface area contributed by atoms with E-state index in [1.54, 1.807) is 11.1 Å². The maximum atomic E-state index is 2.39. The smallest absolute Gasteiger partial charge is 0.0318 e. The highest BCUT2D eigenvalue weighted by atomic mass is 14.1. The average Bonchev–Trinajstić information content (AvgIpc) is 2.46. The molecule has 120 valence electrons. The second-order valence-electron chi connectivity index (χ2n) is 6.46. The Morgan fingerprint density at radius 3 is 1.60 bits per heavy atom. The summed E-state index contributed by atoms with van der Waals surface area (Å²) in [6, 6.07) is 0. The summed E-state index contributed by atoms with van der Waals surface area (Å²) >= 11 is 0. The van der Waals surface area contributed by atoms with Crippen molar-refractivity contribution < 1.29 is 0 Å². The van der Waals surface area contributed by atoms with Crippen LogP contribution in [0.25, 0.3) is 0 Å². The Kier molecular flexibility index (Phi) is 14.9. The Bertz CT molecular complexity index is 224. The molecule has 0 heterocycles. The lowest BCUT2D eigenvalue weighted by Gasteiger charge is -2.11. The second kappa shape index (κ2) is 15.1. The fraction of sp³-hybridized carbons (Fsp3) is 0.900. The van der Waals surface area contributed by atoms with Crippen LogP contribution in [0.5, 0.6) is 0 Å². The molecule has 0 heteroatoms. The zero-order chi connectivity index (χ0) is 15.1. The molecule has 0 aromatic rings. The van der Waals surface area contributed by atoms with E-state index in [-0.39, 0.29) is 0 Å². The monoisotopic (exact) mass is 280 g/mol. The van der Waals surface area contributed by atoms with Crippen LogP contribution in [0.3, 0.4) is 0 Å². The van der Waals surface area contributed by atoms with Crippen molar-refractivity contribution in [3.05, 3.63) is 11.1 Å². The van der Waals surface area contributed by atoms with Crippen molar-refractivity contribution in [2.45, 2.75) is 118 Å². The summed E-state index contributed by atoms with van der Waals surface area (Å²) in [7, 11) is 0. The normalized spacial score (nSPS) is 12.6. The van der Waals surface area contributed by atoms with Crippen LogP contribution in [0.1, 0.15) is 118 Å². The first kappa shape index (κ1) is 19.7. The van der Waals surface area contributed by atoms with E-state index in [0.29, 0.717) is 0 Å². The molecule has 0 saturated carbocycles. The van der Waals surface area contributed by atoms with Gasteiger partial charge in [-0.2, -0.15) is 0 Å². The molecular formula is C20H40. The van der Waals surface area contributed by atoms with Gasteiger partial charge >= 0.3 is 0 Å². The first-order chi connectivity index (χ1) is 9.76. The molecule has 0 bridgehead atoms. The van der Waals surface area contributed by atoms with Gasteiger partial charge < -0.3 is 0 Å². The Hall–Kier alpha value is -0.260. The molecule has 0 aromatic carbocycles. The van der Waals surface area contributed by atoms with Gasteiger partial charge in [-0.25, -0.2) is 0 Å². The van der Waals surface area contributed by atoms with Crippen molar-refractivity contribution in [1.82, 2.24) is 0 Å². The van der Waals surface area contributed by atoms with E-state index >= 15 is 0 Å². The third-order valence-corrected chi connectivity index (χ3v) is 4.39. The zero-order valence-corrected chi connectivity index (χ0v) is 14.9. The lowest BCUT2D eigenvalue weighted by atomic mass is 9.95. The van der Waals surface area contributed by atoms with E-state index in [1.165, 1.54) is 89.9 Å². The molecule has 0 nitrogen and oxygen atoms in total. The van der Waals surface area contributed by atoms with Crippen LogP contribution in [0.2, 0.25) is 0 Å². The van der Waals surface area contributed by atoms with Crippen molar-refractivity contribution in [3.8, 4) is 0 Å². The molecule has 0 fully saturated rings. The van der Waals surface area contributed by atoms with E-state index in [9.17, 15) is 0 Å². The van der Waals surface area contributed by atoms with Crippen LogP contribution < -0.4 is 0 Å². The maximum Gasteiger partial charge on any atom is -0.0318 e. The maximum absolute atomic E-state index is 2.39. The number of allylic oxidation sites excluding steroid dienone is 2. The third kappa shape index (κ3) is 11.6. The minimum absolute atomic E-state index is 1.31. The SMILES string of the molecule is CCCCCCCCCCC(C)=C(CCC)CCCC. The van der Waals surface area contributed by atoms with E-state index < -0.39 is 0 Å². The highest BCUT2D eigenvalue weighted by molar-refractivity contribution is 5.12. The minimum atomic E-state index is 1.31. The van der Waals surface area contributed by atoms with Gasteiger partial charge in [-0.15, -0.1) is 0 Å². The Labute approximate surface area is 129 Å². The number of hydrogen-bond acceptors (Lipinski definition) is 0. The predicted molar refractivity (Wildman–Crippen MR) is 94.4 cm³/mol. The molecule has 0 rings (SSSR count). The molecule has 0 atom stereocenters. The predicted octanol–water partition coefficient (Wildman–Crippen LogP) is 7.82. The van der Waals surface area contributed by atoms with Crippen LogP contribution >= 0.6 is 0 Å². The summed E-state index contributed by atoms with van der Waals surface area (Å²) in [6.07, 6.45) is 19.5. The molecule has 0 radical (unpaired) electrons. The molecule has 0 aliphatic rings. The molecule has 0 aliphatic heterocycles. The van der Waals surface area contributed by atoms with Gasteiger partial charge in [0.25, 0.3) is 0 Å². The number of hydrogen-bond donors (Lipinski definition) is 0. The molecule has 0 aliphatic carbocycles. The van der Waals surface area contributed by atoms with Crippen LogP contribution in [0.15, 0.2) is 11.1 Å². The minimum Gasteiger partial charge on any atom is -0.0741 e. The van der Waals surface area contributed by atoms with Crippen LogP contribution in [-0.2, 0) is 0 Å². The highest BCUT2D eigenvalue weighted by Crippen LogP contribution is 2.22. The van der Waals surface area contributed by atoms with Gasteiger partial charge in [0.2, 0.25) is 0 Å². The van der Waals surface area contributed by atoms with Crippen molar-refractivity contribution in [1.29, 1.82) is 0 Å². The van der Waals surface area contributed by atoms with Crippen LogP contribution in [0, 0.1) is 0 Å². The van der Waals surface area contributed by atoms with E-state index in [4.69, 9.17) is 0 Å². The van der Waals surface area contributed by atoms with Crippen LogP contribution in [-0.4, -0.2) is 0 Å². The highest BCUT2D eigenvalue weighted by Gasteiger charge is 2.02.